The van der Waals surface area contributed by atoms with E-state index >= 15 is 0 Å². The number of rotatable bonds is 4. The van der Waals surface area contributed by atoms with Crippen molar-refractivity contribution in [1.82, 2.24) is 4.98 Å². The van der Waals surface area contributed by atoms with Gasteiger partial charge >= 0.3 is 0 Å². The van der Waals surface area contributed by atoms with Crippen LogP contribution in [0.15, 0.2) is 41.5 Å². The number of halogens is 3. The van der Waals surface area contributed by atoms with Crippen LogP contribution in [-0.2, 0) is 5.54 Å². The van der Waals surface area contributed by atoms with Gasteiger partial charge < -0.3 is 15.8 Å². The molecular formula is C20H21F3N4O2. The van der Waals surface area contributed by atoms with E-state index in [9.17, 15) is 18.0 Å². The van der Waals surface area contributed by atoms with Gasteiger partial charge in [-0.2, -0.15) is 0 Å². The fraction of sp³-hybridized carbons (Fsp3) is 0.350. The van der Waals surface area contributed by atoms with E-state index in [1.807, 2.05) is 0 Å². The first-order valence-electron chi connectivity index (χ1n) is 10.2. The highest BCUT2D eigenvalue weighted by atomic mass is 19.2. The number of methoxy groups -OCH3 is 1. The number of benzene rings is 1. The standard InChI is InChI=1S/C20H21F3N4O2/c1-19(23)9-16(22)20(2,27-18(19)24)13-8-11(4-6-14(13)21)26-17(28)15-7-5-12(29-3)10-25-15/h4-8,10,16H,9H2,1-3H3,(H2,24,27)(H,26,28)/t16-,19-,20+/m0/s1/i3D3. The van der Waals surface area contributed by atoms with Gasteiger partial charge in [0.2, 0.25) is 0 Å². The van der Waals surface area contributed by atoms with E-state index in [1.54, 1.807) is 0 Å². The van der Waals surface area contributed by atoms with Crippen molar-refractivity contribution < 1.29 is 26.8 Å². The highest BCUT2D eigenvalue weighted by Gasteiger charge is 2.49. The first-order chi connectivity index (χ1) is 14.7. The molecule has 2 aromatic rings. The van der Waals surface area contributed by atoms with Crippen LogP contribution in [0.1, 0.15) is 40.4 Å². The number of pyridine rings is 1. The van der Waals surface area contributed by atoms with Crippen LogP contribution in [0, 0.1) is 5.82 Å². The molecule has 0 aliphatic carbocycles. The summed E-state index contributed by atoms with van der Waals surface area (Å²) in [6.45, 7) is 2.40. The number of nitrogens with two attached hydrogens (primary N) is 1. The fourth-order valence-corrected chi connectivity index (χ4v) is 3.07. The molecule has 3 atom stereocenters. The normalized spacial score (nSPS) is 28.5. The van der Waals surface area contributed by atoms with Gasteiger partial charge in [0.1, 0.15) is 34.8 Å². The van der Waals surface area contributed by atoms with Gasteiger partial charge in [-0.3, -0.25) is 9.79 Å². The molecule has 0 bridgehead atoms. The third-order valence-corrected chi connectivity index (χ3v) is 4.92. The zero-order valence-corrected chi connectivity index (χ0v) is 15.7. The minimum absolute atomic E-state index is 0.0554. The van der Waals surface area contributed by atoms with Crippen molar-refractivity contribution in [3.8, 4) is 5.75 Å². The van der Waals surface area contributed by atoms with Crippen molar-refractivity contribution in [1.29, 1.82) is 0 Å². The SMILES string of the molecule is [2H]C([2H])([2H])Oc1ccc(C(=O)Nc2ccc(F)c([C@@]3(C)N=C(N)[C@@](C)(F)C[C@@H]3F)c2)nc1. The van der Waals surface area contributed by atoms with Crippen LogP contribution in [0.2, 0.25) is 0 Å². The number of amides is 1. The molecule has 2 heterocycles. The second kappa shape index (κ2) is 7.38. The Labute approximate surface area is 170 Å². The van der Waals surface area contributed by atoms with Crippen molar-refractivity contribution >= 4 is 17.4 Å². The largest absolute Gasteiger partial charge is 0.495 e. The number of carbonyl (C=O) groups is 1. The Morgan fingerprint density at radius 3 is 2.79 bits per heavy atom. The maximum Gasteiger partial charge on any atom is 0.274 e. The van der Waals surface area contributed by atoms with Crippen LogP contribution in [0.5, 0.6) is 5.75 Å². The Bertz CT molecular complexity index is 1060. The quantitative estimate of drug-likeness (QED) is 0.809. The molecule has 29 heavy (non-hydrogen) atoms. The first-order valence-corrected chi connectivity index (χ1v) is 8.66. The molecule has 0 spiro atoms. The minimum Gasteiger partial charge on any atom is -0.495 e. The molecule has 3 rings (SSSR count). The molecule has 0 saturated heterocycles. The monoisotopic (exact) mass is 409 g/mol. The fourth-order valence-electron chi connectivity index (χ4n) is 3.07. The van der Waals surface area contributed by atoms with Gasteiger partial charge in [-0.25, -0.2) is 18.2 Å². The molecule has 6 nitrogen and oxygen atoms in total. The molecule has 0 unspecified atom stereocenters. The number of hydrogen-bond acceptors (Lipinski definition) is 5. The summed E-state index contributed by atoms with van der Waals surface area (Å²) in [5.41, 5.74) is 1.56. The molecule has 1 aliphatic rings. The van der Waals surface area contributed by atoms with E-state index in [4.69, 9.17) is 9.85 Å². The lowest BCUT2D eigenvalue weighted by atomic mass is 9.79. The van der Waals surface area contributed by atoms with Crippen molar-refractivity contribution in [2.24, 2.45) is 10.7 Å². The summed E-state index contributed by atoms with van der Waals surface area (Å²) in [6, 6.07) is 5.98. The van der Waals surface area contributed by atoms with Crippen molar-refractivity contribution in [3.63, 3.8) is 0 Å². The second-order valence-electron chi connectivity index (χ2n) is 7.14. The molecule has 0 fully saturated rings. The van der Waals surface area contributed by atoms with Crippen molar-refractivity contribution in [3.05, 3.63) is 53.6 Å². The number of aromatic nitrogens is 1. The van der Waals surface area contributed by atoms with Crippen LogP contribution in [-0.4, -0.2) is 35.6 Å². The second-order valence-corrected chi connectivity index (χ2v) is 7.14. The number of hydrogen-bond donors (Lipinski definition) is 2. The predicted octanol–water partition coefficient (Wildman–Crippen LogP) is 3.52. The lowest BCUT2D eigenvalue weighted by Crippen LogP contribution is -2.51. The maximum absolute atomic E-state index is 14.9. The maximum atomic E-state index is 14.9. The van der Waals surface area contributed by atoms with Crippen molar-refractivity contribution in [2.45, 2.75) is 37.6 Å². The summed E-state index contributed by atoms with van der Waals surface area (Å²) in [6.07, 6.45) is -1.39. The molecule has 1 aromatic heterocycles. The average molecular weight is 409 g/mol. The number of nitrogens with one attached hydrogen (secondary N) is 1. The van der Waals surface area contributed by atoms with E-state index in [0.29, 0.717) is 0 Å². The lowest BCUT2D eigenvalue weighted by Gasteiger charge is -2.38. The average Bonchev–Trinajstić information content (AvgIpc) is 2.67. The molecule has 0 saturated carbocycles. The van der Waals surface area contributed by atoms with Crippen molar-refractivity contribution in [2.75, 3.05) is 12.4 Å². The Morgan fingerprint density at radius 2 is 2.14 bits per heavy atom. The molecule has 1 aromatic carbocycles. The van der Waals surface area contributed by atoms with E-state index in [-0.39, 0.29) is 22.7 Å². The molecule has 1 amide bonds. The molecular weight excluding hydrogens is 385 g/mol. The summed E-state index contributed by atoms with van der Waals surface area (Å²) in [5, 5.41) is 2.50. The Morgan fingerprint density at radius 1 is 1.38 bits per heavy atom. The van der Waals surface area contributed by atoms with Gasteiger partial charge in [-0.05, 0) is 44.2 Å². The van der Waals surface area contributed by atoms with E-state index < -0.39 is 48.4 Å². The predicted molar refractivity (Wildman–Crippen MR) is 103 cm³/mol. The number of nitrogens with zero attached hydrogens (tertiary/aromatic N) is 2. The molecule has 3 N–H and O–H groups in total. The van der Waals surface area contributed by atoms with E-state index in [1.165, 1.54) is 31.2 Å². The topological polar surface area (TPSA) is 89.6 Å². The number of ether oxygens (including phenoxy) is 1. The summed E-state index contributed by atoms with van der Waals surface area (Å²) in [4.78, 5) is 20.2. The van der Waals surface area contributed by atoms with E-state index in [2.05, 4.69) is 20.0 Å². The smallest absolute Gasteiger partial charge is 0.274 e. The Balaban J connectivity index is 1.85. The lowest BCUT2D eigenvalue weighted by molar-refractivity contribution is 0.102. The summed E-state index contributed by atoms with van der Waals surface area (Å²) < 4.78 is 69.6. The summed E-state index contributed by atoms with van der Waals surface area (Å²) in [5.74, 6) is -1.98. The molecule has 0 radical (unpaired) electrons. The Kier molecular flexibility index (Phi) is 4.28. The molecule has 9 heteroatoms. The molecule has 1 aliphatic heterocycles. The number of carbonyl (C=O) groups excluding carboxylic acids is 1. The zero-order valence-electron chi connectivity index (χ0n) is 18.7. The van der Waals surface area contributed by atoms with Gasteiger partial charge in [0.15, 0.2) is 5.67 Å². The Hall–Kier alpha value is -3.10. The summed E-state index contributed by atoms with van der Waals surface area (Å²) >= 11 is 0. The zero-order chi connectivity index (χ0) is 23.9. The van der Waals surface area contributed by atoms with Crippen LogP contribution in [0.4, 0.5) is 18.9 Å². The van der Waals surface area contributed by atoms with Crippen LogP contribution < -0.4 is 15.8 Å². The summed E-state index contributed by atoms with van der Waals surface area (Å²) in [7, 11) is -2.66. The van der Waals surface area contributed by atoms with Gasteiger partial charge in [-0.1, -0.05) is 0 Å². The van der Waals surface area contributed by atoms with Gasteiger partial charge in [0.25, 0.3) is 5.91 Å². The minimum atomic E-state index is -2.66. The van der Waals surface area contributed by atoms with Crippen LogP contribution in [0.3, 0.4) is 0 Å². The highest BCUT2D eigenvalue weighted by Crippen LogP contribution is 2.42. The number of amidine groups is 1. The first kappa shape index (κ1) is 16.8. The van der Waals surface area contributed by atoms with Crippen LogP contribution >= 0.6 is 0 Å². The highest BCUT2D eigenvalue weighted by molar-refractivity contribution is 6.03. The third kappa shape index (κ3) is 3.90. The van der Waals surface area contributed by atoms with Crippen LogP contribution in [0.25, 0.3) is 0 Å². The van der Waals surface area contributed by atoms with Gasteiger partial charge in [-0.15, -0.1) is 0 Å². The third-order valence-electron chi connectivity index (χ3n) is 4.92. The van der Waals surface area contributed by atoms with E-state index in [0.717, 1.165) is 19.2 Å². The number of anilines is 1. The number of alkyl halides is 2. The number of aliphatic imine (C=N–C) groups is 1. The van der Waals surface area contributed by atoms with Gasteiger partial charge in [0.05, 0.1) is 17.3 Å². The molecule has 154 valence electrons. The van der Waals surface area contributed by atoms with Gasteiger partial charge in [0, 0.05) is 17.7 Å².